The third kappa shape index (κ3) is 4.47. The van der Waals surface area contributed by atoms with E-state index in [1.807, 2.05) is 67.6 Å². The molecule has 0 fully saturated rings. The van der Waals surface area contributed by atoms with E-state index in [4.69, 9.17) is 16.3 Å². The molecular formula is C23H18BrClN4O2. The van der Waals surface area contributed by atoms with Crippen molar-refractivity contribution >= 4 is 39.1 Å². The van der Waals surface area contributed by atoms with Gasteiger partial charge in [0.25, 0.3) is 5.91 Å². The number of hydrogen-bond acceptors (Lipinski definition) is 4. The van der Waals surface area contributed by atoms with Crippen molar-refractivity contribution in [3.05, 3.63) is 87.6 Å². The molecule has 0 bridgehead atoms. The number of carbonyl (C=O) groups is 1. The molecule has 0 saturated heterocycles. The van der Waals surface area contributed by atoms with E-state index in [9.17, 15) is 4.79 Å². The van der Waals surface area contributed by atoms with Gasteiger partial charge >= 0.3 is 0 Å². The summed E-state index contributed by atoms with van der Waals surface area (Å²) >= 11 is 9.70. The Bertz CT molecular complexity index is 1220. The van der Waals surface area contributed by atoms with Crippen LogP contribution in [0, 0.1) is 6.92 Å². The summed E-state index contributed by atoms with van der Waals surface area (Å²) in [5.74, 6) is 0.856. The summed E-state index contributed by atoms with van der Waals surface area (Å²) < 4.78 is 7.82. The van der Waals surface area contributed by atoms with Crippen molar-refractivity contribution in [2.75, 3.05) is 12.4 Å². The molecule has 4 aromatic rings. The summed E-state index contributed by atoms with van der Waals surface area (Å²) in [4.78, 5) is 17.5. The Morgan fingerprint density at radius 2 is 1.77 bits per heavy atom. The van der Waals surface area contributed by atoms with Crippen LogP contribution < -0.4 is 10.1 Å². The number of hydrogen-bond donors (Lipinski definition) is 1. The Morgan fingerprint density at radius 3 is 2.42 bits per heavy atom. The third-order valence-electron chi connectivity index (χ3n) is 4.69. The molecule has 0 radical (unpaired) electrons. The average molecular weight is 498 g/mol. The maximum absolute atomic E-state index is 13.0. The Balaban J connectivity index is 1.76. The maximum Gasteiger partial charge on any atom is 0.295 e. The first-order valence-corrected chi connectivity index (χ1v) is 10.6. The van der Waals surface area contributed by atoms with Crippen molar-refractivity contribution < 1.29 is 9.53 Å². The van der Waals surface area contributed by atoms with Gasteiger partial charge in [-0.3, -0.25) is 4.79 Å². The summed E-state index contributed by atoms with van der Waals surface area (Å²) in [6.07, 6.45) is 0. The Hall–Kier alpha value is -3.16. The van der Waals surface area contributed by atoms with Crippen molar-refractivity contribution in [3.63, 3.8) is 0 Å². The van der Waals surface area contributed by atoms with Crippen LogP contribution in [0.1, 0.15) is 16.2 Å². The molecule has 1 N–H and O–H groups in total. The zero-order chi connectivity index (χ0) is 22.0. The third-order valence-corrected chi connectivity index (χ3v) is 5.53. The van der Waals surface area contributed by atoms with Gasteiger partial charge in [0.1, 0.15) is 5.75 Å². The van der Waals surface area contributed by atoms with E-state index < -0.39 is 5.91 Å². The van der Waals surface area contributed by atoms with Crippen LogP contribution in [0.25, 0.3) is 17.1 Å². The number of halogens is 2. The minimum atomic E-state index is -0.443. The summed E-state index contributed by atoms with van der Waals surface area (Å²) in [7, 11) is 1.61. The zero-order valence-electron chi connectivity index (χ0n) is 16.8. The number of benzene rings is 3. The highest BCUT2D eigenvalue weighted by Crippen LogP contribution is 2.27. The molecule has 0 spiro atoms. The largest absolute Gasteiger partial charge is 0.497 e. The molecule has 0 aliphatic carbocycles. The fraction of sp³-hybridized carbons (Fsp3) is 0.0870. The highest BCUT2D eigenvalue weighted by atomic mass is 79.9. The van der Waals surface area contributed by atoms with Crippen LogP contribution >= 0.6 is 27.5 Å². The van der Waals surface area contributed by atoms with E-state index in [1.54, 1.807) is 17.9 Å². The van der Waals surface area contributed by atoms with E-state index in [0.717, 1.165) is 27.0 Å². The van der Waals surface area contributed by atoms with Crippen molar-refractivity contribution in [2.45, 2.75) is 6.92 Å². The number of carbonyl (C=O) groups excluding carboxylic acids is 1. The molecule has 0 aliphatic rings. The van der Waals surface area contributed by atoms with Crippen molar-refractivity contribution in [1.29, 1.82) is 0 Å². The average Bonchev–Trinajstić information content (AvgIpc) is 3.22. The summed E-state index contributed by atoms with van der Waals surface area (Å²) in [6, 6.07) is 20.4. The van der Waals surface area contributed by atoms with Crippen LogP contribution in [0.2, 0.25) is 5.02 Å². The van der Waals surface area contributed by atoms with Crippen LogP contribution in [0.4, 0.5) is 5.69 Å². The van der Waals surface area contributed by atoms with Gasteiger partial charge in [0.15, 0.2) is 5.82 Å². The lowest BCUT2D eigenvalue weighted by Gasteiger charge is -2.08. The van der Waals surface area contributed by atoms with E-state index in [2.05, 4.69) is 31.3 Å². The van der Waals surface area contributed by atoms with Gasteiger partial charge in [-0.25, -0.2) is 9.67 Å². The van der Waals surface area contributed by atoms with Gasteiger partial charge < -0.3 is 10.1 Å². The lowest BCUT2D eigenvalue weighted by molar-refractivity contribution is 0.101. The molecule has 8 heteroatoms. The SMILES string of the molecule is COc1ccc(-n2nc(C(=O)Nc3c(C)cccc3Cl)nc2-c2ccc(Br)cc2)cc1. The number of methoxy groups -OCH3 is 1. The molecule has 3 aromatic carbocycles. The van der Waals surface area contributed by atoms with Crippen LogP contribution in [0.15, 0.2) is 71.2 Å². The number of para-hydroxylation sites is 1. The quantitative estimate of drug-likeness (QED) is 0.372. The van der Waals surface area contributed by atoms with Crippen LogP contribution in [0.3, 0.4) is 0 Å². The number of nitrogens with one attached hydrogen (secondary N) is 1. The molecule has 4 rings (SSSR count). The van der Waals surface area contributed by atoms with Gasteiger partial charge in [0, 0.05) is 10.0 Å². The van der Waals surface area contributed by atoms with Crippen LogP contribution in [-0.2, 0) is 0 Å². The summed E-state index contributed by atoms with van der Waals surface area (Å²) in [5, 5.41) is 7.77. The lowest BCUT2D eigenvalue weighted by Crippen LogP contribution is -2.15. The van der Waals surface area contributed by atoms with Crippen molar-refractivity contribution in [2.24, 2.45) is 0 Å². The van der Waals surface area contributed by atoms with Crippen LogP contribution in [0.5, 0.6) is 5.75 Å². The summed E-state index contributed by atoms with van der Waals surface area (Å²) in [6.45, 7) is 1.87. The van der Waals surface area contributed by atoms with Gasteiger partial charge in [-0.2, -0.15) is 0 Å². The first-order chi connectivity index (χ1) is 15.0. The van der Waals surface area contributed by atoms with Crippen molar-refractivity contribution in [3.8, 4) is 22.8 Å². The molecule has 0 aliphatic heterocycles. The zero-order valence-corrected chi connectivity index (χ0v) is 19.1. The molecule has 1 amide bonds. The van der Waals surface area contributed by atoms with Gasteiger partial charge in [0.2, 0.25) is 5.82 Å². The smallest absolute Gasteiger partial charge is 0.295 e. The van der Waals surface area contributed by atoms with Crippen molar-refractivity contribution in [1.82, 2.24) is 14.8 Å². The fourth-order valence-electron chi connectivity index (χ4n) is 3.06. The van der Waals surface area contributed by atoms with Gasteiger partial charge in [-0.05, 0) is 55.0 Å². The number of aryl methyl sites for hydroxylation is 1. The number of ether oxygens (including phenoxy) is 1. The Morgan fingerprint density at radius 1 is 1.06 bits per heavy atom. The highest BCUT2D eigenvalue weighted by molar-refractivity contribution is 9.10. The first-order valence-electron chi connectivity index (χ1n) is 9.40. The first kappa shape index (κ1) is 21.1. The number of aromatic nitrogens is 3. The van der Waals surface area contributed by atoms with Gasteiger partial charge in [-0.1, -0.05) is 51.8 Å². The normalized spacial score (nSPS) is 10.7. The molecule has 1 aromatic heterocycles. The Kier molecular flexibility index (Phi) is 6.06. The Labute approximate surface area is 193 Å². The number of anilines is 1. The molecule has 6 nitrogen and oxygen atoms in total. The topological polar surface area (TPSA) is 69.0 Å². The van der Waals surface area contributed by atoms with E-state index in [1.165, 1.54) is 0 Å². The number of amides is 1. The molecule has 0 atom stereocenters. The van der Waals surface area contributed by atoms with E-state index in [-0.39, 0.29) is 5.82 Å². The van der Waals surface area contributed by atoms with Crippen LogP contribution in [-0.4, -0.2) is 27.8 Å². The molecule has 0 unspecified atom stereocenters. The molecule has 31 heavy (non-hydrogen) atoms. The summed E-state index contributed by atoms with van der Waals surface area (Å²) in [5.41, 5.74) is 2.96. The number of nitrogens with zero attached hydrogens (tertiary/aromatic N) is 3. The molecule has 0 saturated carbocycles. The number of rotatable bonds is 5. The highest BCUT2D eigenvalue weighted by Gasteiger charge is 2.20. The van der Waals surface area contributed by atoms with Gasteiger partial charge in [-0.15, -0.1) is 5.10 Å². The molecule has 1 heterocycles. The second kappa shape index (κ2) is 8.91. The minimum absolute atomic E-state index is 0.0352. The fourth-order valence-corrected chi connectivity index (χ4v) is 3.59. The molecule has 156 valence electrons. The van der Waals surface area contributed by atoms with E-state index >= 15 is 0 Å². The second-order valence-electron chi connectivity index (χ2n) is 6.76. The van der Waals surface area contributed by atoms with Gasteiger partial charge in [0.05, 0.1) is 23.5 Å². The molecular weight excluding hydrogens is 480 g/mol. The monoisotopic (exact) mass is 496 g/mol. The second-order valence-corrected chi connectivity index (χ2v) is 8.08. The lowest BCUT2D eigenvalue weighted by atomic mass is 10.2. The minimum Gasteiger partial charge on any atom is -0.497 e. The predicted molar refractivity (Wildman–Crippen MR) is 125 cm³/mol. The maximum atomic E-state index is 13.0. The standard InChI is InChI=1S/C23H18BrClN4O2/c1-14-4-3-5-19(25)20(14)26-23(30)21-27-22(15-6-8-16(24)9-7-15)29(28-21)17-10-12-18(31-2)13-11-17/h3-13H,1-2H3,(H,26,30). The van der Waals surface area contributed by atoms with E-state index in [0.29, 0.717) is 16.5 Å². The predicted octanol–water partition coefficient (Wildman–Crippen LogP) is 5.92.